The summed E-state index contributed by atoms with van der Waals surface area (Å²) in [5.41, 5.74) is 0.209. The minimum Gasteiger partial charge on any atom is -0.494 e. The number of benzene rings is 2. The van der Waals surface area contributed by atoms with Gasteiger partial charge in [0.25, 0.3) is 5.69 Å². The van der Waals surface area contributed by atoms with E-state index < -0.39 is 10.2 Å². The number of carbonyl (C=O) groups is 1. The molecule has 3 aromatic rings. The average molecular weight is 478 g/mol. The van der Waals surface area contributed by atoms with Crippen molar-refractivity contribution in [3.63, 3.8) is 0 Å². The van der Waals surface area contributed by atoms with Crippen LogP contribution in [0.15, 0.2) is 47.6 Å². The molecule has 2 aromatic carbocycles. The predicted molar refractivity (Wildman–Crippen MR) is 120 cm³/mol. The molecule has 1 amide bonds. The van der Waals surface area contributed by atoms with E-state index in [2.05, 4.69) is 15.5 Å². The summed E-state index contributed by atoms with van der Waals surface area (Å²) >= 11 is 7.09. The lowest BCUT2D eigenvalue weighted by Gasteiger charge is -2.14. The SMILES string of the molecule is COc1cc([N+](=O)[O-])ccc1NC(=O)[C@H](C)Sc1nnc(COc2ccc(Cl)cc2)n1C. The van der Waals surface area contributed by atoms with E-state index in [1.54, 1.807) is 42.8 Å². The Kier molecular flexibility index (Phi) is 7.54. The van der Waals surface area contributed by atoms with Gasteiger partial charge < -0.3 is 19.4 Å². The number of nitro benzene ring substituents is 1. The van der Waals surface area contributed by atoms with Gasteiger partial charge in [-0.05, 0) is 37.3 Å². The van der Waals surface area contributed by atoms with Gasteiger partial charge in [0.15, 0.2) is 11.0 Å². The monoisotopic (exact) mass is 477 g/mol. The molecular weight excluding hydrogens is 458 g/mol. The number of hydrogen-bond acceptors (Lipinski definition) is 8. The van der Waals surface area contributed by atoms with Gasteiger partial charge in [-0.15, -0.1) is 10.2 Å². The second-order valence-corrected chi connectivity index (χ2v) is 8.34. The van der Waals surface area contributed by atoms with E-state index in [1.165, 1.54) is 37.1 Å². The molecule has 0 saturated heterocycles. The van der Waals surface area contributed by atoms with E-state index >= 15 is 0 Å². The Morgan fingerprint density at radius 3 is 2.66 bits per heavy atom. The van der Waals surface area contributed by atoms with E-state index in [9.17, 15) is 14.9 Å². The smallest absolute Gasteiger partial charge is 0.273 e. The highest BCUT2D eigenvalue weighted by Gasteiger charge is 2.21. The molecule has 168 valence electrons. The van der Waals surface area contributed by atoms with Crippen LogP contribution in [0.25, 0.3) is 0 Å². The van der Waals surface area contributed by atoms with Gasteiger partial charge in [-0.1, -0.05) is 23.4 Å². The van der Waals surface area contributed by atoms with Crippen molar-refractivity contribution in [1.82, 2.24) is 14.8 Å². The van der Waals surface area contributed by atoms with Crippen molar-refractivity contribution in [3.8, 4) is 11.5 Å². The normalized spacial score (nSPS) is 11.6. The number of rotatable bonds is 9. The van der Waals surface area contributed by atoms with Crippen LogP contribution in [0.4, 0.5) is 11.4 Å². The summed E-state index contributed by atoms with van der Waals surface area (Å²) in [5, 5.41) is 22.5. The number of thioether (sulfide) groups is 1. The molecule has 10 nitrogen and oxygen atoms in total. The third kappa shape index (κ3) is 5.68. The number of nitro groups is 1. The molecule has 0 bridgehead atoms. The largest absolute Gasteiger partial charge is 0.494 e. The number of nitrogens with zero attached hydrogens (tertiary/aromatic N) is 4. The number of methoxy groups -OCH3 is 1. The Morgan fingerprint density at radius 2 is 2.00 bits per heavy atom. The van der Waals surface area contributed by atoms with Gasteiger partial charge in [-0.2, -0.15) is 0 Å². The van der Waals surface area contributed by atoms with E-state index in [1.807, 2.05) is 0 Å². The summed E-state index contributed by atoms with van der Waals surface area (Å²) in [7, 11) is 3.16. The van der Waals surface area contributed by atoms with Crippen molar-refractivity contribution in [2.45, 2.75) is 23.9 Å². The molecule has 32 heavy (non-hydrogen) atoms. The van der Waals surface area contributed by atoms with Gasteiger partial charge >= 0.3 is 0 Å². The van der Waals surface area contributed by atoms with Crippen LogP contribution in [0.3, 0.4) is 0 Å². The fraction of sp³-hybridized carbons (Fsp3) is 0.250. The van der Waals surface area contributed by atoms with Crippen LogP contribution in [0.1, 0.15) is 12.7 Å². The highest BCUT2D eigenvalue weighted by Crippen LogP contribution is 2.30. The predicted octanol–water partition coefficient (Wildman–Crippen LogP) is 4.08. The Hall–Kier alpha value is -3.31. The first kappa shape index (κ1) is 23.4. The molecule has 0 aliphatic carbocycles. The van der Waals surface area contributed by atoms with Gasteiger partial charge in [0.1, 0.15) is 18.1 Å². The van der Waals surface area contributed by atoms with Crippen molar-refractivity contribution in [1.29, 1.82) is 0 Å². The van der Waals surface area contributed by atoms with Crippen LogP contribution in [0, 0.1) is 10.1 Å². The lowest BCUT2D eigenvalue weighted by atomic mass is 10.2. The molecule has 0 spiro atoms. The van der Waals surface area contributed by atoms with Crippen molar-refractivity contribution in [2.75, 3.05) is 12.4 Å². The lowest BCUT2D eigenvalue weighted by molar-refractivity contribution is -0.384. The molecular formula is C20H20ClN5O5S. The molecule has 1 N–H and O–H groups in total. The molecule has 1 atom stereocenters. The topological polar surface area (TPSA) is 121 Å². The Morgan fingerprint density at radius 1 is 1.28 bits per heavy atom. The summed E-state index contributed by atoms with van der Waals surface area (Å²) in [6.45, 7) is 1.92. The minimum atomic E-state index is -0.533. The van der Waals surface area contributed by atoms with Gasteiger partial charge in [-0.25, -0.2) is 0 Å². The summed E-state index contributed by atoms with van der Waals surface area (Å²) in [6, 6.07) is 11.0. The Labute approximate surface area is 193 Å². The standard InChI is InChI=1S/C20H20ClN5O5S/c1-12(19(27)22-16-9-6-14(26(28)29)10-17(16)30-3)32-20-24-23-18(25(20)2)11-31-15-7-4-13(21)5-8-15/h4-10,12H,11H2,1-3H3,(H,22,27)/t12-/m0/s1. The number of hydrogen-bond donors (Lipinski definition) is 1. The second kappa shape index (κ2) is 10.3. The third-order valence-corrected chi connectivity index (χ3v) is 5.80. The van der Waals surface area contributed by atoms with Crippen molar-refractivity contribution in [3.05, 3.63) is 63.4 Å². The maximum atomic E-state index is 12.6. The quantitative estimate of drug-likeness (QED) is 0.278. The summed E-state index contributed by atoms with van der Waals surface area (Å²) in [4.78, 5) is 23.0. The van der Waals surface area contributed by atoms with E-state index in [0.717, 1.165) is 0 Å². The molecule has 1 aromatic heterocycles. The van der Waals surface area contributed by atoms with Crippen molar-refractivity contribution < 1.29 is 19.2 Å². The van der Waals surface area contributed by atoms with E-state index in [4.69, 9.17) is 21.1 Å². The summed E-state index contributed by atoms with van der Waals surface area (Å²) < 4.78 is 12.6. The minimum absolute atomic E-state index is 0.130. The average Bonchev–Trinajstić information content (AvgIpc) is 3.12. The highest BCUT2D eigenvalue weighted by atomic mass is 35.5. The lowest BCUT2D eigenvalue weighted by Crippen LogP contribution is -2.23. The van der Waals surface area contributed by atoms with Gasteiger partial charge in [0.05, 0.1) is 29.0 Å². The second-order valence-electron chi connectivity index (χ2n) is 6.59. The number of carbonyl (C=O) groups excluding carboxylic acids is 1. The zero-order valence-electron chi connectivity index (χ0n) is 17.4. The van der Waals surface area contributed by atoms with Crippen molar-refractivity contribution in [2.24, 2.45) is 7.05 Å². The van der Waals surface area contributed by atoms with Gasteiger partial charge in [0, 0.05) is 18.1 Å². The number of aromatic nitrogens is 3. The van der Waals surface area contributed by atoms with Crippen LogP contribution < -0.4 is 14.8 Å². The summed E-state index contributed by atoms with van der Waals surface area (Å²) in [6.07, 6.45) is 0. The van der Waals surface area contributed by atoms with Crippen LogP contribution in [0.5, 0.6) is 11.5 Å². The van der Waals surface area contributed by atoms with Crippen LogP contribution in [-0.2, 0) is 18.4 Å². The third-order valence-electron chi connectivity index (χ3n) is 4.41. The van der Waals surface area contributed by atoms with Crippen LogP contribution in [0.2, 0.25) is 5.02 Å². The van der Waals surface area contributed by atoms with E-state index in [0.29, 0.717) is 27.4 Å². The number of amides is 1. The van der Waals surface area contributed by atoms with Crippen molar-refractivity contribution >= 4 is 40.6 Å². The molecule has 0 radical (unpaired) electrons. The molecule has 1 heterocycles. The highest BCUT2D eigenvalue weighted by molar-refractivity contribution is 8.00. The first-order chi connectivity index (χ1) is 15.3. The fourth-order valence-electron chi connectivity index (χ4n) is 2.59. The zero-order chi connectivity index (χ0) is 23.3. The molecule has 0 fully saturated rings. The first-order valence-electron chi connectivity index (χ1n) is 9.35. The number of non-ortho nitro benzene ring substituents is 1. The number of halogens is 1. The molecule has 0 unspecified atom stereocenters. The first-order valence-corrected chi connectivity index (χ1v) is 10.6. The Balaban J connectivity index is 1.62. The van der Waals surface area contributed by atoms with Crippen LogP contribution >= 0.6 is 23.4 Å². The molecule has 12 heteroatoms. The molecule has 0 aliphatic rings. The maximum Gasteiger partial charge on any atom is 0.273 e. The number of anilines is 1. The zero-order valence-corrected chi connectivity index (χ0v) is 19.0. The fourth-order valence-corrected chi connectivity index (χ4v) is 3.55. The molecule has 0 saturated carbocycles. The molecule has 0 aliphatic heterocycles. The summed E-state index contributed by atoms with van der Waals surface area (Å²) in [5.74, 6) is 1.12. The Bertz CT molecular complexity index is 1120. The van der Waals surface area contributed by atoms with Gasteiger partial charge in [0.2, 0.25) is 5.91 Å². The molecule has 3 rings (SSSR count). The number of ether oxygens (including phenoxy) is 2. The number of nitrogens with one attached hydrogen (secondary N) is 1. The van der Waals surface area contributed by atoms with Crippen LogP contribution in [-0.4, -0.2) is 38.0 Å². The van der Waals surface area contributed by atoms with E-state index in [-0.39, 0.29) is 24.0 Å². The maximum absolute atomic E-state index is 12.6. The van der Waals surface area contributed by atoms with Gasteiger partial charge in [-0.3, -0.25) is 14.9 Å².